The normalized spacial score (nSPS) is 11.3. The first-order valence-corrected chi connectivity index (χ1v) is 6.19. The fraction of sp³-hybridized carbons (Fsp3) is 0.133. The van der Waals surface area contributed by atoms with E-state index in [9.17, 15) is 28.2 Å². The van der Waals surface area contributed by atoms with Crippen LogP contribution in [0, 0.1) is 6.92 Å². The number of benzene rings is 2. The first kappa shape index (κ1) is 15.7. The number of anilines is 1. The Morgan fingerprint density at radius 1 is 1.09 bits per heavy atom. The zero-order valence-corrected chi connectivity index (χ0v) is 11.4. The maximum absolute atomic E-state index is 12.7. The van der Waals surface area contributed by atoms with Crippen LogP contribution >= 0.6 is 0 Å². The number of rotatable bonds is 2. The molecule has 0 saturated heterocycles. The molecule has 116 valence electrons. The molecule has 0 fully saturated rings. The quantitative estimate of drug-likeness (QED) is 0.792. The van der Waals surface area contributed by atoms with E-state index in [-0.39, 0.29) is 17.0 Å². The molecule has 0 saturated carbocycles. The zero-order valence-electron chi connectivity index (χ0n) is 11.4. The van der Waals surface area contributed by atoms with E-state index in [2.05, 4.69) is 5.32 Å². The van der Waals surface area contributed by atoms with Crippen molar-refractivity contribution >= 4 is 11.6 Å². The molecule has 0 atom stereocenters. The highest BCUT2D eigenvalue weighted by Gasteiger charge is 2.31. The molecule has 0 aliphatic carbocycles. The van der Waals surface area contributed by atoms with Crippen molar-refractivity contribution in [1.82, 2.24) is 0 Å². The van der Waals surface area contributed by atoms with E-state index in [4.69, 9.17) is 0 Å². The number of phenols is 2. The average molecular weight is 311 g/mol. The Balaban J connectivity index is 2.32. The fourth-order valence-electron chi connectivity index (χ4n) is 1.88. The molecule has 0 spiro atoms. The first-order valence-electron chi connectivity index (χ1n) is 6.19. The fourth-order valence-corrected chi connectivity index (χ4v) is 1.88. The highest BCUT2D eigenvalue weighted by Crippen LogP contribution is 2.34. The molecule has 2 aromatic rings. The molecule has 0 aliphatic heterocycles. The number of carbonyl (C=O) groups excluding carboxylic acids is 1. The second-order valence-corrected chi connectivity index (χ2v) is 4.74. The Bertz CT molecular complexity index is 726. The number of hydrogen-bond acceptors (Lipinski definition) is 3. The van der Waals surface area contributed by atoms with Gasteiger partial charge in [-0.25, -0.2) is 0 Å². The summed E-state index contributed by atoms with van der Waals surface area (Å²) in [4.78, 5) is 12.0. The molecule has 0 bridgehead atoms. The minimum absolute atomic E-state index is 0.0723. The van der Waals surface area contributed by atoms with E-state index in [1.165, 1.54) is 12.1 Å². The van der Waals surface area contributed by atoms with Crippen molar-refractivity contribution in [3.05, 3.63) is 53.1 Å². The van der Waals surface area contributed by atoms with Crippen molar-refractivity contribution in [2.75, 3.05) is 5.32 Å². The van der Waals surface area contributed by atoms with Gasteiger partial charge >= 0.3 is 6.18 Å². The van der Waals surface area contributed by atoms with E-state index >= 15 is 0 Å². The predicted octanol–water partition coefficient (Wildman–Crippen LogP) is 3.68. The van der Waals surface area contributed by atoms with Gasteiger partial charge in [-0.15, -0.1) is 0 Å². The highest BCUT2D eigenvalue weighted by molar-refractivity contribution is 6.06. The Morgan fingerprint density at radius 2 is 1.77 bits per heavy atom. The minimum Gasteiger partial charge on any atom is -0.508 e. The SMILES string of the molecule is Cc1ccc(O)c(C(=O)Nc2cc(O)cc(C(F)(F)F)c2)c1. The molecule has 3 N–H and O–H groups in total. The summed E-state index contributed by atoms with van der Waals surface area (Å²) >= 11 is 0. The van der Waals surface area contributed by atoms with Crippen LogP contribution in [0.15, 0.2) is 36.4 Å². The summed E-state index contributed by atoms with van der Waals surface area (Å²) in [6, 6.07) is 6.54. The molecule has 0 aromatic heterocycles. The summed E-state index contributed by atoms with van der Waals surface area (Å²) in [5.41, 5.74) is -0.679. The Morgan fingerprint density at radius 3 is 2.41 bits per heavy atom. The van der Waals surface area contributed by atoms with Crippen molar-refractivity contribution in [2.24, 2.45) is 0 Å². The van der Waals surface area contributed by atoms with Gasteiger partial charge in [0.05, 0.1) is 11.1 Å². The second kappa shape index (κ2) is 5.59. The molecule has 4 nitrogen and oxygen atoms in total. The molecular weight excluding hydrogens is 299 g/mol. The lowest BCUT2D eigenvalue weighted by Gasteiger charge is -2.12. The van der Waals surface area contributed by atoms with Crippen LogP contribution in [0.3, 0.4) is 0 Å². The number of halogens is 3. The minimum atomic E-state index is -4.65. The Labute approximate surface area is 123 Å². The lowest BCUT2D eigenvalue weighted by atomic mass is 10.1. The van der Waals surface area contributed by atoms with E-state index < -0.39 is 23.4 Å². The standard InChI is InChI=1S/C15H12F3NO3/c1-8-2-3-13(21)12(4-8)14(22)19-10-5-9(15(16,17)18)6-11(20)7-10/h2-7,20-21H,1H3,(H,19,22). The van der Waals surface area contributed by atoms with Gasteiger partial charge in [-0.2, -0.15) is 13.2 Å². The third-order valence-electron chi connectivity index (χ3n) is 2.90. The van der Waals surface area contributed by atoms with Crippen molar-refractivity contribution in [3.8, 4) is 11.5 Å². The topological polar surface area (TPSA) is 69.6 Å². The van der Waals surface area contributed by atoms with Crippen LogP contribution in [0.4, 0.5) is 18.9 Å². The second-order valence-electron chi connectivity index (χ2n) is 4.74. The average Bonchev–Trinajstić information content (AvgIpc) is 2.39. The highest BCUT2D eigenvalue weighted by atomic mass is 19.4. The number of hydrogen-bond donors (Lipinski definition) is 3. The molecule has 7 heteroatoms. The lowest BCUT2D eigenvalue weighted by Crippen LogP contribution is -2.13. The third kappa shape index (κ3) is 3.49. The van der Waals surface area contributed by atoms with Crippen LogP contribution < -0.4 is 5.32 Å². The summed E-state index contributed by atoms with van der Waals surface area (Å²) in [5.74, 6) is -1.70. The van der Waals surface area contributed by atoms with E-state index in [0.717, 1.165) is 6.07 Å². The summed E-state index contributed by atoms with van der Waals surface area (Å²) in [6.07, 6.45) is -4.65. The summed E-state index contributed by atoms with van der Waals surface area (Å²) in [5, 5.41) is 21.2. The molecule has 2 aromatic carbocycles. The van der Waals surface area contributed by atoms with Gasteiger partial charge < -0.3 is 15.5 Å². The molecule has 22 heavy (non-hydrogen) atoms. The number of nitrogens with one attached hydrogen (secondary N) is 1. The number of carbonyl (C=O) groups is 1. The van der Waals surface area contributed by atoms with Crippen molar-refractivity contribution < 1.29 is 28.2 Å². The van der Waals surface area contributed by atoms with Gasteiger partial charge in [-0.1, -0.05) is 11.6 Å². The zero-order chi connectivity index (χ0) is 16.5. The number of phenolic OH excluding ortho intramolecular Hbond substituents is 2. The van der Waals surface area contributed by atoms with Gasteiger partial charge in [0, 0.05) is 11.8 Å². The van der Waals surface area contributed by atoms with Gasteiger partial charge in [-0.05, 0) is 31.2 Å². The summed E-state index contributed by atoms with van der Waals surface area (Å²) in [7, 11) is 0. The molecule has 2 rings (SSSR count). The van der Waals surface area contributed by atoms with Crippen molar-refractivity contribution in [2.45, 2.75) is 13.1 Å². The third-order valence-corrected chi connectivity index (χ3v) is 2.90. The number of aryl methyl sites for hydroxylation is 1. The van der Waals surface area contributed by atoms with Crippen LogP contribution in [0.25, 0.3) is 0 Å². The number of amides is 1. The Hall–Kier alpha value is -2.70. The molecular formula is C15H12F3NO3. The monoisotopic (exact) mass is 311 g/mol. The van der Waals surface area contributed by atoms with Crippen LogP contribution in [-0.2, 0) is 6.18 Å². The van der Waals surface area contributed by atoms with Crippen LogP contribution in [0.5, 0.6) is 11.5 Å². The van der Waals surface area contributed by atoms with Gasteiger partial charge in [0.2, 0.25) is 0 Å². The number of alkyl halides is 3. The molecule has 0 aliphatic rings. The summed E-state index contributed by atoms with van der Waals surface area (Å²) in [6.45, 7) is 1.70. The molecule has 1 amide bonds. The maximum atomic E-state index is 12.7. The lowest BCUT2D eigenvalue weighted by molar-refractivity contribution is -0.137. The smallest absolute Gasteiger partial charge is 0.416 e. The van der Waals surface area contributed by atoms with E-state index in [1.54, 1.807) is 13.0 Å². The largest absolute Gasteiger partial charge is 0.508 e. The van der Waals surface area contributed by atoms with Gasteiger partial charge in [0.15, 0.2) is 0 Å². The first-order chi connectivity index (χ1) is 10.2. The maximum Gasteiger partial charge on any atom is 0.416 e. The van der Waals surface area contributed by atoms with E-state index in [0.29, 0.717) is 17.7 Å². The van der Waals surface area contributed by atoms with Crippen LogP contribution in [0.2, 0.25) is 0 Å². The van der Waals surface area contributed by atoms with Crippen LogP contribution in [-0.4, -0.2) is 16.1 Å². The molecule has 0 unspecified atom stereocenters. The predicted molar refractivity (Wildman–Crippen MR) is 73.9 cm³/mol. The van der Waals surface area contributed by atoms with Crippen LogP contribution in [0.1, 0.15) is 21.5 Å². The van der Waals surface area contributed by atoms with Gasteiger partial charge in [0.25, 0.3) is 5.91 Å². The Kier molecular flexibility index (Phi) is 3.99. The van der Waals surface area contributed by atoms with E-state index in [1.807, 2.05) is 0 Å². The van der Waals surface area contributed by atoms with Crippen molar-refractivity contribution in [1.29, 1.82) is 0 Å². The van der Waals surface area contributed by atoms with Gasteiger partial charge in [0.1, 0.15) is 11.5 Å². The molecule has 0 heterocycles. The number of aromatic hydroxyl groups is 2. The molecule has 0 radical (unpaired) electrons. The summed E-state index contributed by atoms with van der Waals surface area (Å²) < 4.78 is 38.0. The van der Waals surface area contributed by atoms with Gasteiger partial charge in [-0.3, -0.25) is 4.79 Å². The van der Waals surface area contributed by atoms with Crippen molar-refractivity contribution in [3.63, 3.8) is 0 Å².